The number of ether oxygens (including phenoxy) is 2. The van der Waals surface area contributed by atoms with E-state index in [2.05, 4.69) is 5.32 Å². The van der Waals surface area contributed by atoms with Crippen molar-refractivity contribution in [1.82, 2.24) is 0 Å². The van der Waals surface area contributed by atoms with Gasteiger partial charge in [-0.2, -0.15) is 0 Å². The highest BCUT2D eigenvalue weighted by Crippen LogP contribution is 2.35. The molecule has 5 heteroatoms. The van der Waals surface area contributed by atoms with E-state index in [4.69, 9.17) is 9.47 Å². The highest BCUT2D eigenvalue weighted by molar-refractivity contribution is 5.79. The second-order valence-electron chi connectivity index (χ2n) is 4.39. The van der Waals surface area contributed by atoms with Gasteiger partial charge >= 0.3 is 5.97 Å². The fourth-order valence-corrected chi connectivity index (χ4v) is 2.09. The van der Waals surface area contributed by atoms with Crippen molar-refractivity contribution in [3.05, 3.63) is 54.1 Å². The lowest BCUT2D eigenvalue weighted by molar-refractivity contribution is -0.138. The standard InChI is InChI=1S/C15H13NO4/c17-15(18)14(10-4-2-1-3-5-10)16-11-6-7-12-13(8-11)20-9-19-12/h1-8,14,16H,9H2,(H,17,18). The van der Waals surface area contributed by atoms with E-state index in [-0.39, 0.29) is 6.79 Å². The van der Waals surface area contributed by atoms with Crippen LogP contribution in [0.15, 0.2) is 48.5 Å². The van der Waals surface area contributed by atoms with Crippen molar-refractivity contribution in [1.29, 1.82) is 0 Å². The van der Waals surface area contributed by atoms with Crippen molar-refractivity contribution in [2.45, 2.75) is 6.04 Å². The number of anilines is 1. The Morgan fingerprint density at radius 3 is 2.60 bits per heavy atom. The number of carboxylic acids is 1. The molecular formula is C15H13NO4. The minimum Gasteiger partial charge on any atom is -0.479 e. The van der Waals surface area contributed by atoms with E-state index in [1.54, 1.807) is 30.3 Å². The lowest BCUT2D eigenvalue weighted by Crippen LogP contribution is -2.20. The Morgan fingerprint density at radius 1 is 1.10 bits per heavy atom. The van der Waals surface area contributed by atoms with Crippen molar-refractivity contribution in [3.63, 3.8) is 0 Å². The SMILES string of the molecule is O=C(O)C(Nc1ccc2c(c1)OCO2)c1ccccc1. The summed E-state index contributed by atoms with van der Waals surface area (Å²) in [6.07, 6.45) is 0. The minimum absolute atomic E-state index is 0.194. The van der Waals surface area contributed by atoms with Crippen LogP contribution in [0.2, 0.25) is 0 Å². The lowest BCUT2D eigenvalue weighted by atomic mass is 10.1. The fraction of sp³-hybridized carbons (Fsp3) is 0.133. The van der Waals surface area contributed by atoms with Gasteiger partial charge in [0.25, 0.3) is 0 Å². The zero-order valence-corrected chi connectivity index (χ0v) is 10.6. The first-order valence-electron chi connectivity index (χ1n) is 6.18. The number of rotatable bonds is 4. The van der Waals surface area contributed by atoms with Crippen molar-refractivity contribution in [2.24, 2.45) is 0 Å². The van der Waals surface area contributed by atoms with Gasteiger partial charge in [0.05, 0.1) is 0 Å². The number of aliphatic carboxylic acids is 1. The average Bonchev–Trinajstić information content (AvgIpc) is 2.93. The third-order valence-corrected chi connectivity index (χ3v) is 3.06. The summed E-state index contributed by atoms with van der Waals surface area (Å²) < 4.78 is 10.5. The van der Waals surface area contributed by atoms with E-state index in [1.165, 1.54) is 0 Å². The van der Waals surface area contributed by atoms with Crippen LogP contribution in [0, 0.1) is 0 Å². The van der Waals surface area contributed by atoms with Gasteiger partial charge in [0.1, 0.15) is 0 Å². The van der Waals surface area contributed by atoms with Gasteiger partial charge in [-0.1, -0.05) is 30.3 Å². The maximum absolute atomic E-state index is 11.4. The monoisotopic (exact) mass is 271 g/mol. The molecule has 0 aromatic heterocycles. The van der Waals surface area contributed by atoms with Crippen molar-refractivity contribution in [3.8, 4) is 11.5 Å². The molecule has 20 heavy (non-hydrogen) atoms. The molecule has 5 nitrogen and oxygen atoms in total. The van der Waals surface area contributed by atoms with Crippen LogP contribution in [0.25, 0.3) is 0 Å². The molecule has 1 atom stereocenters. The molecule has 1 aliphatic heterocycles. The normalized spacial score (nSPS) is 13.8. The second kappa shape index (κ2) is 5.13. The Balaban J connectivity index is 1.86. The van der Waals surface area contributed by atoms with E-state index in [0.717, 1.165) is 0 Å². The largest absolute Gasteiger partial charge is 0.479 e. The Kier molecular flexibility index (Phi) is 3.16. The van der Waals surface area contributed by atoms with Gasteiger partial charge in [0.15, 0.2) is 17.5 Å². The molecule has 0 aliphatic carbocycles. The molecule has 2 aromatic rings. The van der Waals surface area contributed by atoms with Crippen molar-refractivity contribution < 1.29 is 19.4 Å². The average molecular weight is 271 g/mol. The summed E-state index contributed by atoms with van der Waals surface area (Å²) in [7, 11) is 0. The van der Waals surface area contributed by atoms with E-state index in [0.29, 0.717) is 22.7 Å². The van der Waals surface area contributed by atoms with Gasteiger partial charge < -0.3 is 19.9 Å². The molecule has 0 saturated carbocycles. The smallest absolute Gasteiger partial charge is 0.330 e. The molecule has 1 unspecified atom stereocenters. The van der Waals surface area contributed by atoms with Crippen molar-refractivity contribution >= 4 is 11.7 Å². The first-order chi connectivity index (χ1) is 9.74. The summed E-state index contributed by atoms with van der Waals surface area (Å²) in [4.78, 5) is 11.4. The van der Waals surface area contributed by atoms with Gasteiger partial charge in [0.2, 0.25) is 6.79 Å². The molecule has 2 N–H and O–H groups in total. The third kappa shape index (κ3) is 2.38. The van der Waals surface area contributed by atoms with Gasteiger partial charge in [-0.15, -0.1) is 0 Å². The Labute approximate surface area is 115 Å². The molecule has 0 bridgehead atoms. The molecule has 0 saturated heterocycles. The van der Waals surface area contributed by atoms with Gasteiger partial charge in [0, 0.05) is 11.8 Å². The summed E-state index contributed by atoms with van der Waals surface area (Å²) in [5.74, 6) is 0.350. The number of benzene rings is 2. The number of hydrogen-bond donors (Lipinski definition) is 2. The van der Waals surface area contributed by atoms with Crippen LogP contribution < -0.4 is 14.8 Å². The number of fused-ring (bicyclic) bond motifs is 1. The van der Waals surface area contributed by atoms with Crippen LogP contribution in [-0.2, 0) is 4.79 Å². The summed E-state index contributed by atoms with van der Waals surface area (Å²) in [6, 6.07) is 13.5. The molecular weight excluding hydrogens is 258 g/mol. The molecule has 0 amide bonds. The molecule has 0 spiro atoms. The van der Waals surface area contributed by atoms with Crippen LogP contribution in [0.5, 0.6) is 11.5 Å². The quantitative estimate of drug-likeness (QED) is 0.894. The van der Waals surface area contributed by atoms with E-state index in [9.17, 15) is 9.90 Å². The highest BCUT2D eigenvalue weighted by Gasteiger charge is 2.20. The number of carboxylic acid groups (broad SMARTS) is 1. The fourth-order valence-electron chi connectivity index (χ4n) is 2.09. The van der Waals surface area contributed by atoms with E-state index >= 15 is 0 Å². The molecule has 3 rings (SSSR count). The third-order valence-electron chi connectivity index (χ3n) is 3.06. The molecule has 1 aliphatic rings. The lowest BCUT2D eigenvalue weighted by Gasteiger charge is -2.16. The maximum atomic E-state index is 11.4. The van der Waals surface area contributed by atoms with Gasteiger partial charge in [-0.05, 0) is 17.7 Å². The molecule has 0 fully saturated rings. The van der Waals surface area contributed by atoms with Crippen LogP contribution in [0.4, 0.5) is 5.69 Å². The maximum Gasteiger partial charge on any atom is 0.330 e. The molecule has 1 heterocycles. The molecule has 102 valence electrons. The summed E-state index contributed by atoms with van der Waals surface area (Å²) in [5.41, 5.74) is 1.36. The van der Waals surface area contributed by atoms with Gasteiger partial charge in [-0.3, -0.25) is 0 Å². The number of carbonyl (C=O) groups is 1. The summed E-state index contributed by atoms with van der Waals surface area (Å²) in [5, 5.41) is 12.4. The number of nitrogens with one attached hydrogen (secondary N) is 1. The Bertz CT molecular complexity index is 627. The topological polar surface area (TPSA) is 67.8 Å². The van der Waals surface area contributed by atoms with Gasteiger partial charge in [-0.25, -0.2) is 4.79 Å². The molecule has 0 radical (unpaired) electrons. The predicted octanol–water partition coefficient (Wildman–Crippen LogP) is 2.65. The van der Waals surface area contributed by atoms with Crippen LogP contribution in [-0.4, -0.2) is 17.9 Å². The first kappa shape index (κ1) is 12.3. The van der Waals surface area contributed by atoms with E-state index in [1.807, 2.05) is 18.2 Å². The minimum atomic E-state index is -0.936. The number of hydrogen-bond acceptors (Lipinski definition) is 4. The zero-order valence-electron chi connectivity index (χ0n) is 10.6. The Morgan fingerprint density at radius 2 is 1.85 bits per heavy atom. The second-order valence-corrected chi connectivity index (χ2v) is 4.39. The summed E-state index contributed by atoms with van der Waals surface area (Å²) in [6.45, 7) is 0.194. The highest BCUT2D eigenvalue weighted by atomic mass is 16.7. The zero-order chi connectivity index (χ0) is 13.9. The van der Waals surface area contributed by atoms with E-state index < -0.39 is 12.0 Å². The van der Waals surface area contributed by atoms with Crippen LogP contribution >= 0.6 is 0 Å². The first-order valence-corrected chi connectivity index (χ1v) is 6.18. The van der Waals surface area contributed by atoms with Crippen LogP contribution in [0.3, 0.4) is 0 Å². The Hall–Kier alpha value is -2.69. The van der Waals surface area contributed by atoms with Crippen LogP contribution in [0.1, 0.15) is 11.6 Å². The summed E-state index contributed by atoms with van der Waals surface area (Å²) >= 11 is 0. The predicted molar refractivity (Wildman–Crippen MR) is 73.0 cm³/mol. The van der Waals surface area contributed by atoms with Crippen molar-refractivity contribution in [2.75, 3.05) is 12.1 Å². The molecule has 2 aromatic carbocycles.